The molecule has 17 heavy (non-hydrogen) atoms. The number of aromatic nitrogens is 1. The van der Waals surface area contributed by atoms with Gasteiger partial charge in [-0.2, -0.15) is 5.26 Å². The zero-order valence-corrected chi connectivity index (χ0v) is 10.3. The van der Waals surface area contributed by atoms with Crippen molar-refractivity contribution in [3.63, 3.8) is 0 Å². The van der Waals surface area contributed by atoms with E-state index in [1.54, 1.807) is 6.07 Å². The summed E-state index contributed by atoms with van der Waals surface area (Å²) in [6.45, 7) is 0. The first-order valence-electron chi connectivity index (χ1n) is 4.44. The van der Waals surface area contributed by atoms with Crippen molar-refractivity contribution in [2.75, 3.05) is 7.11 Å². The van der Waals surface area contributed by atoms with Crippen molar-refractivity contribution in [3.05, 3.63) is 27.5 Å². The number of nitriles is 1. The minimum atomic E-state index is -2.75. The van der Waals surface area contributed by atoms with E-state index in [2.05, 4.69) is 25.7 Å². The highest BCUT2D eigenvalue weighted by Crippen LogP contribution is 2.29. The molecule has 0 aromatic carbocycles. The van der Waals surface area contributed by atoms with Gasteiger partial charge in [0.2, 0.25) is 0 Å². The summed E-state index contributed by atoms with van der Waals surface area (Å²) in [6, 6.07) is 2.75. The van der Waals surface area contributed by atoms with Crippen LogP contribution in [0.3, 0.4) is 0 Å². The Balaban J connectivity index is 3.21. The van der Waals surface area contributed by atoms with Crippen LogP contribution >= 0.6 is 15.9 Å². The van der Waals surface area contributed by atoms with E-state index in [-0.39, 0.29) is 27.8 Å². The van der Waals surface area contributed by atoms with Crippen LogP contribution in [0, 0.1) is 11.3 Å². The SMILES string of the molecule is COC(=O)Cc1cc(C(F)F)c(Br)c(C#N)n1. The van der Waals surface area contributed by atoms with Gasteiger partial charge in [0, 0.05) is 5.56 Å². The Bertz CT molecular complexity index is 486. The van der Waals surface area contributed by atoms with Gasteiger partial charge in [-0.05, 0) is 22.0 Å². The molecule has 0 atom stereocenters. The van der Waals surface area contributed by atoms with Crippen molar-refractivity contribution in [1.82, 2.24) is 4.98 Å². The number of alkyl halides is 2. The lowest BCUT2D eigenvalue weighted by Gasteiger charge is -2.07. The Hall–Kier alpha value is -1.55. The highest BCUT2D eigenvalue weighted by molar-refractivity contribution is 9.10. The summed E-state index contributed by atoms with van der Waals surface area (Å²) in [5.74, 6) is -0.607. The molecule has 1 rings (SSSR count). The van der Waals surface area contributed by atoms with Crippen molar-refractivity contribution < 1.29 is 18.3 Å². The predicted molar refractivity (Wildman–Crippen MR) is 57.3 cm³/mol. The number of ether oxygens (including phenoxy) is 1. The average molecular weight is 305 g/mol. The van der Waals surface area contributed by atoms with Gasteiger partial charge in [0.25, 0.3) is 6.43 Å². The molecule has 0 aliphatic heterocycles. The lowest BCUT2D eigenvalue weighted by atomic mass is 10.1. The molecule has 1 aromatic heterocycles. The minimum Gasteiger partial charge on any atom is -0.469 e. The normalized spacial score (nSPS) is 10.1. The second-order valence-electron chi connectivity index (χ2n) is 3.03. The van der Waals surface area contributed by atoms with Crippen molar-refractivity contribution >= 4 is 21.9 Å². The number of hydrogen-bond acceptors (Lipinski definition) is 4. The van der Waals surface area contributed by atoms with Crippen molar-refractivity contribution in [3.8, 4) is 6.07 Å². The molecule has 0 unspecified atom stereocenters. The molecule has 1 heterocycles. The first kappa shape index (κ1) is 13.5. The fourth-order valence-electron chi connectivity index (χ4n) is 1.15. The summed E-state index contributed by atoms with van der Waals surface area (Å²) in [5.41, 5.74) is -0.468. The molecule has 0 radical (unpaired) electrons. The summed E-state index contributed by atoms with van der Waals surface area (Å²) < 4.78 is 29.7. The molecule has 0 aliphatic carbocycles. The fourth-order valence-corrected chi connectivity index (χ4v) is 1.61. The molecule has 1 aromatic rings. The number of methoxy groups -OCH3 is 1. The van der Waals surface area contributed by atoms with E-state index in [4.69, 9.17) is 5.26 Å². The molecule has 0 bridgehead atoms. The number of hydrogen-bond donors (Lipinski definition) is 0. The molecule has 0 saturated carbocycles. The summed E-state index contributed by atoms with van der Waals surface area (Å²) in [7, 11) is 1.18. The van der Waals surface area contributed by atoms with Crippen LogP contribution in [-0.2, 0) is 16.0 Å². The van der Waals surface area contributed by atoms with Gasteiger partial charge in [0.05, 0.1) is 23.7 Å². The van der Waals surface area contributed by atoms with Gasteiger partial charge in [-0.25, -0.2) is 13.8 Å². The molecule has 0 spiro atoms. The van der Waals surface area contributed by atoms with Crippen LogP contribution in [0.2, 0.25) is 0 Å². The summed E-state index contributed by atoms with van der Waals surface area (Å²) in [4.78, 5) is 14.8. The number of pyridine rings is 1. The highest BCUT2D eigenvalue weighted by atomic mass is 79.9. The fraction of sp³-hybridized carbons (Fsp3) is 0.300. The molecule has 90 valence electrons. The molecular weight excluding hydrogens is 298 g/mol. The van der Waals surface area contributed by atoms with E-state index in [0.29, 0.717) is 0 Å². The molecule has 4 nitrogen and oxygen atoms in total. The molecule has 0 N–H and O–H groups in total. The van der Waals surface area contributed by atoms with Crippen LogP contribution in [0.15, 0.2) is 10.5 Å². The summed E-state index contributed by atoms with van der Waals surface area (Å²) >= 11 is 2.88. The summed E-state index contributed by atoms with van der Waals surface area (Å²) in [5, 5.41) is 8.74. The quantitative estimate of drug-likeness (QED) is 0.804. The molecule has 0 amide bonds. The van der Waals surface area contributed by atoms with Crippen LogP contribution in [0.1, 0.15) is 23.4 Å². The lowest BCUT2D eigenvalue weighted by molar-refractivity contribution is -0.139. The van der Waals surface area contributed by atoms with Crippen molar-refractivity contribution in [2.45, 2.75) is 12.8 Å². The zero-order valence-electron chi connectivity index (χ0n) is 8.71. The number of esters is 1. The van der Waals surface area contributed by atoms with Crippen LogP contribution in [0.4, 0.5) is 8.78 Å². The topological polar surface area (TPSA) is 63.0 Å². The highest BCUT2D eigenvalue weighted by Gasteiger charge is 2.18. The standard InChI is InChI=1S/C10H7BrF2N2O2/c1-17-8(16)3-5-2-6(10(12)13)9(11)7(4-14)15-5/h2,10H,3H2,1H3. The Morgan fingerprint density at radius 3 is 2.82 bits per heavy atom. The van der Waals surface area contributed by atoms with E-state index in [1.165, 1.54) is 7.11 Å². The van der Waals surface area contributed by atoms with Crippen molar-refractivity contribution in [1.29, 1.82) is 5.26 Å². The Kier molecular flexibility index (Phi) is 4.52. The molecule has 7 heteroatoms. The van der Waals surface area contributed by atoms with E-state index in [9.17, 15) is 13.6 Å². The van der Waals surface area contributed by atoms with E-state index >= 15 is 0 Å². The smallest absolute Gasteiger partial charge is 0.311 e. The second-order valence-corrected chi connectivity index (χ2v) is 3.82. The van der Waals surface area contributed by atoms with Gasteiger partial charge in [-0.3, -0.25) is 4.79 Å². The van der Waals surface area contributed by atoms with Crippen LogP contribution in [0.5, 0.6) is 0 Å². The van der Waals surface area contributed by atoms with Crippen molar-refractivity contribution in [2.24, 2.45) is 0 Å². The predicted octanol–water partition coefficient (Wildman–Crippen LogP) is 2.37. The van der Waals surface area contributed by atoms with Gasteiger partial charge in [0.15, 0.2) is 5.69 Å². The van der Waals surface area contributed by atoms with Gasteiger partial charge in [0.1, 0.15) is 6.07 Å². The third kappa shape index (κ3) is 3.20. The van der Waals surface area contributed by atoms with Gasteiger partial charge in [-0.15, -0.1) is 0 Å². The number of nitrogens with zero attached hydrogens (tertiary/aromatic N) is 2. The molecule has 0 aliphatic rings. The number of halogens is 3. The summed E-state index contributed by atoms with van der Waals surface area (Å²) in [6.07, 6.45) is -3.01. The third-order valence-corrected chi connectivity index (χ3v) is 2.77. The number of carbonyl (C=O) groups is 1. The maximum atomic E-state index is 12.7. The van der Waals surface area contributed by atoms with E-state index in [1.807, 2.05) is 0 Å². The zero-order chi connectivity index (χ0) is 13.0. The molecule has 0 fully saturated rings. The van der Waals surface area contributed by atoms with Gasteiger partial charge >= 0.3 is 5.97 Å². The van der Waals surface area contributed by atoms with E-state index in [0.717, 1.165) is 6.07 Å². The first-order valence-corrected chi connectivity index (χ1v) is 5.23. The largest absolute Gasteiger partial charge is 0.469 e. The Morgan fingerprint density at radius 1 is 1.71 bits per heavy atom. The lowest BCUT2D eigenvalue weighted by Crippen LogP contribution is -2.08. The van der Waals surface area contributed by atoms with Crippen LogP contribution in [-0.4, -0.2) is 18.1 Å². The number of rotatable bonds is 3. The minimum absolute atomic E-state index is 0.0522. The van der Waals surface area contributed by atoms with E-state index < -0.39 is 12.4 Å². The second kappa shape index (κ2) is 5.68. The first-order chi connectivity index (χ1) is 7.99. The monoisotopic (exact) mass is 304 g/mol. The third-order valence-electron chi connectivity index (χ3n) is 1.93. The van der Waals surface area contributed by atoms with Gasteiger partial charge in [-0.1, -0.05) is 0 Å². The maximum Gasteiger partial charge on any atom is 0.311 e. The molecule has 0 saturated heterocycles. The number of carbonyl (C=O) groups excluding carboxylic acids is 1. The van der Waals surface area contributed by atoms with Gasteiger partial charge < -0.3 is 4.74 Å². The molecular formula is C10H7BrF2N2O2. The Labute approximate surface area is 104 Å². The van der Waals surface area contributed by atoms with Crippen LogP contribution in [0.25, 0.3) is 0 Å². The Morgan fingerprint density at radius 2 is 2.35 bits per heavy atom. The van der Waals surface area contributed by atoms with Crippen LogP contribution < -0.4 is 0 Å². The maximum absolute atomic E-state index is 12.7. The average Bonchev–Trinajstić information content (AvgIpc) is 2.30.